The summed E-state index contributed by atoms with van der Waals surface area (Å²) in [5.41, 5.74) is -1.29. The fraction of sp³-hybridized carbons (Fsp3) is 0.345. The molecule has 0 radical (unpaired) electrons. The average molecular weight is 597 g/mol. The first kappa shape index (κ1) is 29.3. The minimum Gasteiger partial charge on any atom is -0.497 e. The van der Waals surface area contributed by atoms with E-state index in [0.717, 1.165) is 4.31 Å². The fourth-order valence-corrected chi connectivity index (χ4v) is 7.49. The number of para-hydroxylation sites is 1. The lowest BCUT2D eigenvalue weighted by atomic mass is 9.81. The van der Waals surface area contributed by atoms with Crippen LogP contribution >= 0.6 is 0 Å². The lowest BCUT2D eigenvalue weighted by Gasteiger charge is -2.41. The van der Waals surface area contributed by atoms with Gasteiger partial charge in [-0.3, -0.25) is 14.5 Å². The number of sulfonamides is 1. The number of hydrogen-bond donors (Lipinski definition) is 1. The Balaban J connectivity index is 1.83. The molecule has 1 unspecified atom stereocenters. The lowest BCUT2D eigenvalue weighted by molar-refractivity contribution is -0.138. The summed E-state index contributed by atoms with van der Waals surface area (Å²) in [5, 5.41) is 10.9. The van der Waals surface area contributed by atoms with E-state index >= 15 is 4.79 Å². The van der Waals surface area contributed by atoms with Crippen LogP contribution in [0, 0.1) is 0 Å². The molecule has 5 rings (SSSR count). The summed E-state index contributed by atoms with van der Waals surface area (Å²) in [4.78, 5) is 35.6. The summed E-state index contributed by atoms with van der Waals surface area (Å²) >= 11 is 0. The number of aliphatic hydroxyl groups excluding tert-OH is 1. The maximum atomic E-state index is 15.1. The zero-order valence-corrected chi connectivity index (χ0v) is 24.7. The molecule has 2 aliphatic heterocycles. The molecular weight excluding hydrogens is 564 g/mol. The van der Waals surface area contributed by atoms with Crippen LogP contribution in [0.25, 0.3) is 0 Å². The Kier molecular flexibility index (Phi) is 7.60. The van der Waals surface area contributed by atoms with Crippen molar-refractivity contribution < 1.29 is 37.3 Å². The number of pyridine rings is 1. The predicted molar refractivity (Wildman–Crippen MR) is 152 cm³/mol. The van der Waals surface area contributed by atoms with Gasteiger partial charge in [-0.05, 0) is 36.8 Å². The second kappa shape index (κ2) is 10.9. The van der Waals surface area contributed by atoms with Crippen LogP contribution in [0.3, 0.4) is 0 Å². The number of benzene rings is 2. The van der Waals surface area contributed by atoms with E-state index in [-0.39, 0.29) is 46.6 Å². The highest BCUT2D eigenvalue weighted by atomic mass is 32.2. The number of aliphatic hydroxyl groups is 1. The second-order valence-corrected chi connectivity index (χ2v) is 11.9. The van der Waals surface area contributed by atoms with E-state index in [1.165, 1.54) is 56.7 Å². The molecule has 3 aromatic rings. The van der Waals surface area contributed by atoms with Gasteiger partial charge in [-0.1, -0.05) is 18.2 Å². The van der Waals surface area contributed by atoms with Gasteiger partial charge in [0.15, 0.2) is 5.54 Å². The average Bonchev–Trinajstić information content (AvgIpc) is 3.51. The normalized spacial score (nSPS) is 22.1. The Morgan fingerprint density at radius 2 is 1.74 bits per heavy atom. The van der Waals surface area contributed by atoms with Crippen molar-refractivity contribution in [2.24, 2.45) is 0 Å². The minimum absolute atomic E-state index is 0.0200. The standard InChI is InChI=1S/C29H32N4O8S/c1-31(2)27(35)23-15-18(34)17-32(23)29(21-10-8-14-30-26(21)41-5)20-9-6-7-11-22(20)33(28(29)36)42(37,38)25-13-12-19(39-3)16-24(25)40-4/h6-14,16,18,23,34H,15,17H2,1-5H3/t18-,23+,29?/m1/s1. The van der Waals surface area contributed by atoms with Crippen LogP contribution in [0.15, 0.2) is 65.7 Å². The molecule has 0 bridgehead atoms. The Labute approximate surface area is 244 Å². The van der Waals surface area contributed by atoms with Crippen LogP contribution in [0.2, 0.25) is 0 Å². The minimum atomic E-state index is -4.61. The quantitative estimate of drug-likeness (QED) is 0.408. The van der Waals surface area contributed by atoms with Crippen LogP contribution in [-0.2, 0) is 25.2 Å². The number of amides is 2. The molecule has 0 spiro atoms. The molecule has 2 amide bonds. The first-order chi connectivity index (χ1) is 20.0. The summed E-state index contributed by atoms with van der Waals surface area (Å²) in [5.74, 6) is -0.812. The summed E-state index contributed by atoms with van der Waals surface area (Å²) in [6.45, 7) is -0.0951. The van der Waals surface area contributed by atoms with Crippen molar-refractivity contribution in [2.75, 3.05) is 46.3 Å². The molecule has 0 aliphatic carbocycles. The van der Waals surface area contributed by atoms with Gasteiger partial charge in [-0.2, -0.15) is 0 Å². The first-order valence-corrected chi connectivity index (χ1v) is 14.5. The molecule has 12 nitrogen and oxygen atoms in total. The summed E-state index contributed by atoms with van der Waals surface area (Å²) in [7, 11) is 2.71. The highest BCUT2D eigenvalue weighted by Gasteiger charge is 2.64. The summed E-state index contributed by atoms with van der Waals surface area (Å²) in [6, 6.07) is 12.9. The zero-order valence-electron chi connectivity index (χ0n) is 23.8. The van der Waals surface area contributed by atoms with Crippen LogP contribution in [0.5, 0.6) is 17.4 Å². The van der Waals surface area contributed by atoms with E-state index in [1.807, 2.05) is 0 Å². The molecule has 222 valence electrons. The molecule has 2 aliphatic rings. The number of carbonyl (C=O) groups is 2. The number of fused-ring (bicyclic) bond motifs is 1. The molecule has 1 fully saturated rings. The molecular formula is C29H32N4O8S. The van der Waals surface area contributed by atoms with Gasteiger partial charge in [0, 0.05) is 44.0 Å². The van der Waals surface area contributed by atoms with Gasteiger partial charge in [0.2, 0.25) is 11.8 Å². The van der Waals surface area contributed by atoms with Crippen molar-refractivity contribution in [1.82, 2.24) is 14.8 Å². The number of likely N-dealkylation sites (tertiary alicyclic amines) is 1. The highest BCUT2D eigenvalue weighted by Crippen LogP contribution is 2.54. The maximum Gasteiger partial charge on any atom is 0.274 e. The number of likely N-dealkylation sites (N-methyl/N-ethyl adjacent to an activating group) is 1. The monoisotopic (exact) mass is 596 g/mol. The Hall–Kier alpha value is -4.20. The first-order valence-electron chi connectivity index (χ1n) is 13.1. The third-order valence-corrected chi connectivity index (χ3v) is 9.42. The number of methoxy groups -OCH3 is 3. The number of rotatable bonds is 8. The highest BCUT2D eigenvalue weighted by molar-refractivity contribution is 7.93. The van der Waals surface area contributed by atoms with Crippen LogP contribution in [0.4, 0.5) is 5.69 Å². The third kappa shape index (κ3) is 4.27. The predicted octanol–water partition coefficient (Wildman–Crippen LogP) is 1.61. The molecule has 0 saturated carbocycles. The largest absolute Gasteiger partial charge is 0.497 e. The Morgan fingerprint density at radius 1 is 1.02 bits per heavy atom. The van der Waals surface area contributed by atoms with E-state index in [9.17, 15) is 18.3 Å². The van der Waals surface area contributed by atoms with Gasteiger partial charge in [0.1, 0.15) is 16.4 Å². The zero-order chi connectivity index (χ0) is 30.4. The molecule has 42 heavy (non-hydrogen) atoms. The molecule has 1 saturated heterocycles. The topological polar surface area (TPSA) is 139 Å². The molecule has 1 N–H and O–H groups in total. The van der Waals surface area contributed by atoms with Gasteiger partial charge in [0.05, 0.1) is 39.2 Å². The van der Waals surface area contributed by atoms with Crippen LogP contribution in [0.1, 0.15) is 17.5 Å². The van der Waals surface area contributed by atoms with E-state index in [1.54, 1.807) is 49.3 Å². The molecule has 1 aromatic heterocycles. The van der Waals surface area contributed by atoms with E-state index in [0.29, 0.717) is 11.3 Å². The van der Waals surface area contributed by atoms with E-state index in [4.69, 9.17) is 14.2 Å². The van der Waals surface area contributed by atoms with Crippen molar-refractivity contribution in [1.29, 1.82) is 0 Å². The van der Waals surface area contributed by atoms with Crippen molar-refractivity contribution in [2.45, 2.75) is 29.0 Å². The van der Waals surface area contributed by atoms with Crippen molar-refractivity contribution in [3.8, 4) is 17.4 Å². The van der Waals surface area contributed by atoms with Crippen LogP contribution < -0.4 is 18.5 Å². The summed E-state index contributed by atoms with van der Waals surface area (Å²) < 4.78 is 45.9. The number of hydrogen-bond acceptors (Lipinski definition) is 10. The van der Waals surface area contributed by atoms with Crippen molar-refractivity contribution in [3.63, 3.8) is 0 Å². The number of β-amino-alcohol motifs (C(OH)–C–C–N with tert-alkyl or cyclic N) is 1. The fourth-order valence-electron chi connectivity index (χ4n) is 5.89. The summed E-state index contributed by atoms with van der Waals surface area (Å²) in [6.07, 6.45) is 0.556. The SMILES string of the molecule is COc1ccc(S(=O)(=O)N2C(=O)C(c3cccnc3OC)(N3C[C@H](O)C[C@H]3C(=O)N(C)C)c3ccccc32)c(OC)c1. The van der Waals surface area contributed by atoms with Gasteiger partial charge in [-0.25, -0.2) is 17.7 Å². The molecule has 13 heteroatoms. The van der Waals surface area contributed by atoms with E-state index < -0.39 is 33.6 Å². The van der Waals surface area contributed by atoms with Gasteiger partial charge in [-0.15, -0.1) is 0 Å². The number of carbonyl (C=O) groups excluding carboxylic acids is 2. The number of nitrogens with zero attached hydrogens (tertiary/aromatic N) is 4. The Morgan fingerprint density at radius 3 is 2.40 bits per heavy atom. The van der Waals surface area contributed by atoms with Crippen molar-refractivity contribution in [3.05, 3.63) is 71.9 Å². The number of anilines is 1. The Bertz CT molecular complexity index is 1650. The number of ether oxygens (including phenoxy) is 3. The third-order valence-electron chi connectivity index (χ3n) is 7.69. The molecule has 3 heterocycles. The van der Waals surface area contributed by atoms with Gasteiger partial charge >= 0.3 is 0 Å². The second-order valence-electron chi connectivity index (χ2n) is 10.2. The van der Waals surface area contributed by atoms with Gasteiger partial charge < -0.3 is 24.2 Å². The maximum absolute atomic E-state index is 15.1. The van der Waals surface area contributed by atoms with Gasteiger partial charge in [0.25, 0.3) is 15.9 Å². The smallest absolute Gasteiger partial charge is 0.274 e. The van der Waals surface area contributed by atoms with Crippen molar-refractivity contribution >= 4 is 27.5 Å². The lowest BCUT2D eigenvalue weighted by Crippen LogP contribution is -2.59. The number of aromatic nitrogens is 1. The van der Waals surface area contributed by atoms with Crippen LogP contribution in [-0.4, -0.2) is 94.2 Å². The molecule has 2 aromatic carbocycles. The molecule has 3 atom stereocenters. The van der Waals surface area contributed by atoms with E-state index in [2.05, 4.69) is 4.98 Å².